The summed E-state index contributed by atoms with van der Waals surface area (Å²) in [6.07, 6.45) is 9.21. The summed E-state index contributed by atoms with van der Waals surface area (Å²) in [7, 11) is 0. The third-order valence-electron chi connectivity index (χ3n) is 6.20. The molecule has 3 N–H and O–H groups in total. The Bertz CT molecular complexity index is 807. The summed E-state index contributed by atoms with van der Waals surface area (Å²) in [5, 5.41) is 9.91. The van der Waals surface area contributed by atoms with Crippen LogP contribution in [0.2, 0.25) is 0 Å². The Labute approximate surface area is 190 Å². The monoisotopic (exact) mass is 444 g/mol. The largest absolute Gasteiger partial charge is 0.494 e. The van der Waals surface area contributed by atoms with Gasteiger partial charge in [0.2, 0.25) is 5.91 Å². The third kappa shape index (κ3) is 6.45. The number of aryl methyl sites for hydroxylation is 1. The van der Waals surface area contributed by atoms with Crippen LogP contribution in [-0.2, 0) is 20.7 Å². The predicted octanol–water partition coefficient (Wildman–Crippen LogP) is 3.56. The summed E-state index contributed by atoms with van der Waals surface area (Å²) >= 11 is 0. The van der Waals surface area contributed by atoms with Gasteiger partial charge in [0.1, 0.15) is 18.1 Å². The van der Waals surface area contributed by atoms with Crippen LogP contribution in [0.3, 0.4) is 0 Å². The molecular weight excluding hydrogens is 408 g/mol. The van der Waals surface area contributed by atoms with E-state index in [0.717, 1.165) is 42.7 Å². The van der Waals surface area contributed by atoms with Crippen molar-refractivity contribution in [2.45, 2.75) is 77.2 Å². The lowest BCUT2D eigenvalue weighted by molar-refractivity contribution is -0.142. The second-order valence-electron chi connectivity index (χ2n) is 8.53. The van der Waals surface area contributed by atoms with Gasteiger partial charge < -0.3 is 14.4 Å². The molecule has 32 heavy (non-hydrogen) atoms. The number of nitrogens with one attached hydrogen (secondary N) is 1. The number of carbonyl (C=O) groups is 2. The Hall–Kier alpha value is -2.61. The van der Waals surface area contributed by atoms with Crippen molar-refractivity contribution in [2.75, 3.05) is 24.7 Å². The van der Waals surface area contributed by atoms with Gasteiger partial charge in [0.25, 0.3) is 0 Å². The first-order chi connectivity index (χ1) is 15.5. The predicted molar refractivity (Wildman–Crippen MR) is 124 cm³/mol. The summed E-state index contributed by atoms with van der Waals surface area (Å²) in [4.78, 5) is 25.6. The van der Waals surface area contributed by atoms with E-state index >= 15 is 0 Å². The minimum atomic E-state index is -0.404. The molecule has 0 radical (unpaired) electrons. The van der Waals surface area contributed by atoms with E-state index in [1.807, 2.05) is 18.2 Å². The van der Waals surface area contributed by atoms with Crippen LogP contribution in [0.5, 0.6) is 5.75 Å². The number of nitrogens with zero attached hydrogens (tertiary/aromatic N) is 2. The Morgan fingerprint density at radius 1 is 1.22 bits per heavy atom. The van der Waals surface area contributed by atoms with Gasteiger partial charge in [-0.3, -0.25) is 20.0 Å². The smallest absolute Gasteiger partial charge is 0.326 e. The molecule has 1 aromatic rings. The van der Waals surface area contributed by atoms with Crippen molar-refractivity contribution in [3.05, 3.63) is 23.8 Å². The highest BCUT2D eigenvalue weighted by Gasteiger charge is 2.27. The first-order valence-corrected chi connectivity index (χ1v) is 11.8. The summed E-state index contributed by atoms with van der Waals surface area (Å²) in [5.74, 6) is 6.95. The van der Waals surface area contributed by atoms with Crippen LogP contribution in [0.25, 0.3) is 0 Å². The van der Waals surface area contributed by atoms with Gasteiger partial charge in [0.15, 0.2) is 0 Å². The van der Waals surface area contributed by atoms with Crippen LogP contribution in [0, 0.1) is 5.41 Å². The highest BCUT2D eigenvalue weighted by atomic mass is 16.5. The molecule has 1 heterocycles. The van der Waals surface area contributed by atoms with Crippen LogP contribution in [0.4, 0.5) is 5.69 Å². The van der Waals surface area contributed by atoms with E-state index in [2.05, 4.69) is 0 Å². The summed E-state index contributed by atoms with van der Waals surface area (Å²) in [6.45, 7) is 2.54. The maximum absolute atomic E-state index is 12.3. The SMILES string of the molecule is CCOC(=O)CN1C(=O)CCc2cc(OCCCCC(=N)N(N)C3CCCCC3)ccc21. The van der Waals surface area contributed by atoms with Gasteiger partial charge in [-0.25, -0.2) is 5.84 Å². The summed E-state index contributed by atoms with van der Waals surface area (Å²) < 4.78 is 10.9. The Kier molecular flexibility index (Phi) is 8.90. The van der Waals surface area contributed by atoms with Crippen LogP contribution in [0.15, 0.2) is 18.2 Å². The topological polar surface area (TPSA) is 109 Å². The highest BCUT2D eigenvalue weighted by Crippen LogP contribution is 2.31. The molecule has 0 spiro atoms. The summed E-state index contributed by atoms with van der Waals surface area (Å²) in [6, 6.07) is 5.94. The number of hydrazine groups is 1. The molecule has 176 valence electrons. The molecule has 0 atom stereocenters. The molecule has 8 nitrogen and oxygen atoms in total. The number of esters is 1. The molecule has 1 aromatic carbocycles. The number of amidine groups is 1. The van der Waals surface area contributed by atoms with Crippen LogP contribution < -0.4 is 15.5 Å². The second-order valence-corrected chi connectivity index (χ2v) is 8.53. The minimum absolute atomic E-state index is 0.0646. The second kappa shape index (κ2) is 11.9. The lowest BCUT2D eigenvalue weighted by Gasteiger charge is -2.32. The maximum atomic E-state index is 12.3. The Morgan fingerprint density at radius 2 is 2.00 bits per heavy atom. The quantitative estimate of drug-likeness (QED) is 0.143. The molecule has 2 aliphatic rings. The summed E-state index contributed by atoms with van der Waals surface area (Å²) in [5.41, 5.74) is 1.75. The maximum Gasteiger partial charge on any atom is 0.326 e. The van der Waals surface area contributed by atoms with E-state index in [1.54, 1.807) is 11.9 Å². The van der Waals surface area contributed by atoms with Gasteiger partial charge >= 0.3 is 5.97 Å². The Morgan fingerprint density at radius 3 is 2.75 bits per heavy atom. The first kappa shape index (κ1) is 24.0. The standard InChI is InChI=1S/C24H36N4O4/c1-2-31-24(30)17-27-21-13-12-20(16-18(21)11-14-23(27)29)32-15-7-6-10-22(25)28(26)19-8-4-3-5-9-19/h12-13,16,19,25H,2-11,14-15,17,26H2,1H3. The lowest BCUT2D eigenvalue weighted by atomic mass is 9.95. The molecule has 1 aliphatic heterocycles. The zero-order valence-corrected chi connectivity index (χ0v) is 19.1. The molecule has 3 rings (SSSR count). The zero-order chi connectivity index (χ0) is 22.9. The van der Waals surface area contributed by atoms with Gasteiger partial charge in [0.05, 0.1) is 13.2 Å². The van der Waals surface area contributed by atoms with Gasteiger partial charge in [-0.15, -0.1) is 0 Å². The number of rotatable bonds is 10. The number of hydrogen-bond donors (Lipinski definition) is 2. The molecule has 1 saturated carbocycles. The molecule has 8 heteroatoms. The first-order valence-electron chi connectivity index (χ1n) is 11.8. The van der Waals surface area contributed by atoms with Crippen LogP contribution in [0.1, 0.15) is 70.3 Å². The third-order valence-corrected chi connectivity index (χ3v) is 6.20. The fourth-order valence-corrected chi connectivity index (χ4v) is 4.43. The van der Waals surface area contributed by atoms with Crippen molar-refractivity contribution in [1.82, 2.24) is 5.01 Å². The lowest BCUT2D eigenvalue weighted by Crippen LogP contribution is -2.46. The number of fused-ring (bicyclic) bond motifs is 1. The van der Waals surface area contributed by atoms with Crippen molar-refractivity contribution in [3.8, 4) is 5.75 Å². The minimum Gasteiger partial charge on any atom is -0.494 e. The van der Waals surface area contributed by atoms with E-state index in [9.17, 15) is 9.59 Å². The Balaban J connectivity index is 1.44. The van der Waals surface area contributed by atoms with Crippen molar-refractivity contribution in [1.29, 1.82) is 5.41 Å². The molecule has 1 aliphatic carbocycles. The fraction of sp³-hybridized carbons (Fsp3) is 0.625. The molecule has 0 bridgehead atoms. The molecule has 1 fully saturated rings. The van der Waals surface area contributed by atoms with E-state index in [4.69, 9.17) is 20.7 Å². The van der Waals surface area contributed by atoms with E-state index < -0.39 is 5.97 Å². The van der Waals surface area contributed by atoms with E-state index in [-0.39, 0.29) is 12.5 Å². The number of unbranched alkanes of at least 4 members (excludes halogenated alkanes) is 1. The fourth-order valence-electron chi connectivity index (χ4n) is 4.43. The van der Waals surface area contributed by atoms with Crippen LogP contribution in [-0.4, -0.2) is 48.5 Å². The molecule has 0 unspecified atom stereocenters. The van der Waals surface area contributed by atoms with Crippen molar-refractivity contribution in [2.24, 2.45) is 5.84 Å². The van der Waals surface area contributed by atoms with Gasteiger partial charge in [-0.1, -0.05) is 19.3 Å². The average Bonchev–Trinajstić information content (AvgIpc) is 2.80. The van der Waals surface area contributed by atoms with Crippen molar-refractivity contribution < 1.29 is 19.1 Å². The number of nitrogens with two attached hydrogens (primary N) is 1. The van der Waals surface area contributed by atoms with Gasteiger partial charge in [-0.05, 0) is 62.8 Å². The molecule has 0 aromatic heterocycles. The number of ether oxygens (including phenoxy) is 2. The molecule has 0 saturated heterocycles. The highest BCUT2D eigenvalue weighted by molar-refractivity contribution is 6.00. The molecular formula is C24H36N4O4. The number of hydrogen-bond acceptors (Lipinski definition) is 6. The van der Waals surface area contributed by atoms with E-state index in [1.165, 1.54) is 24.2 Å². The van der Waals surface area contributed by atoms with Gasteiger partial charge in [0, 0.05) is 24.6 Å². The normalized spacial score (nSPS) is 16.4. The van der Waals surface area contributed by atoms with E-state index in [0.29, 0.717) is 44.4 Å². The molecule has 1 amide bonds. The number of amides is 1. The van der Waals surface area contributed by atoms with Crippen molar-refractivity contribution >= 4 is 23.4 Å². The average molecular weight is 445 g/mol. The van der Waals surface area contributed by atoms with Crippen LogP contribution >= 0.6 is 0 Å². The number of benzene rings is 1. The zero-order valence-electron chi connectivity index (χ0n) is 19.1. The number of carbonyl (C=O) groups excluding carboxylic acids is 2. The van der Waals surface area contributed by atoms with Crippen molar-refractivity contribution in [3.63, 3.8) is 0 Å². The number of anilines is 1. The van der Waals surface area contributed by atoms with Gasteiger partial charge in [-0.2, -0.15) is 0 Å².